The topological polar surface area (TPSA) is 15.3 Å². The minimum atomic E-state index is 0.254. The second-order valence-electron chi connectivity index (χ2n) is 6.64. The Labute approximate surface area is 132 Å². The van der Waals surface area contributed by atoms with E-state index in [2.05, 4.69) is 44.0 Å². The van der Waals surface area contributed by atoms with Gasteiger partial charge in [0.15, 0.2) is 0 Å². The molecule has 0 amide bonds. The van der Waals surface area contributed by atoms with Crippen LogP contribution in [0.2, 0.25) is 4.34 Å². The minimum absolute atomic E-state index is 0.254. The zero-order valence-corrected chi connectivity index (χ0v) is 14.7. The molecule has 0 bridgehead atoms. The molecule has 0 radical (unpaired) electrons. The highest BCUT2D eigenvalue weighted by molar-refractivity contribution is 7.16. The summed E-state index contributed by atoms with van der Waals surface area (Å²) in [4.78, 5) is 4.03. The third kappa shape index (κ3) is 3.97. The van der Waals surface area contributed by atoms with Gasteiger partial charge < -0.3 is 5.32 Å². The lowest BCUT2D eigenvalue weighted by atomic mass is 9.90. The molecular weight excluding hydrogens is 288 g/mol. The largest absolute Gasteiger partial charge is 0.311 e. The van der Waals surface area contributed by atoms with Crippen molar-refractivity contribution in [2.75, 3.05) is 13.1 Å². The van der Waals surface area contributed by atoms with Crippen molar-refractivity contribution in [2.24, 2.45) is 5.92 Å². The van der Waals surface area contributed by atoms with Gasteiger partial charge in [-0.2, -0.15) is 0 Å². The smallest absolute Gasteiger partial charge is 0.0931 e. The fraction of sp³-hybridized carbons (Fsp3) is 0.750. The van der Waals surface area contributed by atoms with Crippen LogP contribution in [-0.4, -0.2) is 29.6 Å². The number of nitrogens with zero attached hydrogens (tertiary/aromatic N) is 1. The number of thiophene rings is 1. The van der Waals surface area contributed by atoms with Gasteiger partial charge in [-0.25, -0.2) is 0 Å². The minimum Gasteiger partial charge on any atom is -0.311 e. The first-order chi connectivity index (χ1) is 9.43. The standard InChI is InChI=1S/C16H27ClN2S/c1-5-16(4)11-18-13(8-12(2)3)9-19(16)10-14-6-7-15(17)20-14/h6-7,12-13,18H,5,8-11H2,1-4H3. The van der Waals surface area contributed by atoms with Crippen LogP contribution in [0.5, 0.6) is 0 Å². The van der Waals surface area contributed by atoms with Gasteiger partial charge >= 0.3 is 0 Å². The Balaban J connectivity index is 2.07. The molecule has 1 N–H and O–H groups in total. The maximum atomic E-state index is 6.07. The first kappa shape index (κ1) is 16.3. The van der Waals surface area contributed by atoms with Crippen molar-refractivity contribution in [3.63, 3.8) is 0 Å². The summed E-state index contributed by atoms with van der Waals surface area (Å²) in [6.45, 7) is 12.5. The van der Waals surface area contributed by atoms with Crippen molar-refractivity contribution < 1.29 is 0 Å². The molecule has 2 nitrogen and oxygen atoms in total. The highest BCUT2D eigenvalue weighted by Gasteiger charge is 2.36. The molecule has 0 spiro atoms. The first-order valence-corrected chi connectivity index (χ1v) is 8.85. The summed E-state index contributed by atoms with van der Waals surface area (Å²) in [6, 6.07) is 4.80. The van der Waals surface area contributed by atoms with E-state index < -0.39 is 0 Å². The number of nitrogens with one attached hydrogen (secondary N) is 1. The predicted molar refractivity (Wildman–Crippen MR) is 89.7 cm³/mol. The molecule has 1 aromatic rings. The van der Waals surface area contributed by atoms with Gasteiger partial charge in [0.25, 0.3) is 0 Å². The Morgan fingerprint density at radius 2 is 2.25 bits per heavy atom. The van der Waals surface area contributed by atoms with Crippen LogP contribution < -0.4 is 5.32 Å². The van der Waals surface area contributed by atoms with Crippen LogP contribution >= 0.6 is 22.9 Å². The molecule has 114 valence electrons. The molecule has 2 unspecified atom stereocenters. The van der Waals surface area contributed by atoms with Crippen LogP contribution in [-0.2, 0) is 6.54 Å². The van der Waals surface area contributed by atoms with Crippen LogP contribution in [0, 0.1) is 5.92 Å². The highest BCUT2D eigenvalue weighted by Crippen LogP contribution is 2.29. The average molecular weight is 315 g/mol. The number of hydrogen-bond donors (Lipinski definition) is 1. The Bertz CT molecular complexity index is 432. The summed E-state index contributed by atoms with van der Waals surface area (Å²) in [6.07, 6.45) is 2.43. The fourth-order valence-electron chi connectivity index (χ4n) is 2.98. The molecule has 1 aliphatic rings. The zero-order valence-electron chi connectivity index (χ0n) is 13.1. The van der Waals surface area contributed by atoms with Crippen molar-refractivity contribution in [3.05, 3.63) is 21.3 Å². The monoisotopic (exact) mass is 314 g/mol. The third-order valence-electron chi connectivity index (χ3n) is 4.47. The van der Waals surface area contributed by atoms with Gasteiger partial charge in [-0.15, -0.1) is 11.3 Å². The van der Waals surface area contributed by atoms with Crippen LogP contribution in [0.4, 0.5) is 0 Å². The van der Waals surface area contributed by atoms with Gasteiger partial charge in [-0.3, -0.25) is 4.90 Å². The molecule has 0 saturated carbocycles. The van der Waals surface area contributed by atoms with Gasteiger partial charge in [0, 0.05) is 36.1 Å². The molecule has 0 aliphatic carbocycles. The van der Waals surface area contributed by atoms with Crippen molar-refractivity contribution in [1.82, 2.24) is 10.2 Å². The lowest BCUT2D eigenvalue weighted by Crippen LogP contribution is -2.62. The van der Waals surface area contributed by atoms with E-state index in [1.807, 2.05) is 6.07 Å². The molecular formula is C16H27ClN2S. The van der Waals surface area contributed by atoms with Gasteiger partial charge in [0.2, 0.25) is 0 Å². The van der Waals surface area contributed by atoms with Crippen LogP contribution in [0.25, 0.3) is 0 Å². The Kier molecular flexibility index (Phi) is 5.52. The maximum Gasteiger partial charge on any atom is 0.0931 e. The zero-order chi connectivity index (χ0) is 14.8. The normalized spacial score (nSPS) is 28.2. The average Bonchev–Trinajstić information content (AvgIpc) is 2.79. The van der Waals surface area contributed by atoms with E-state index in [4.69, 9.17) is 11.6 Å². The van der Waals surface area contributed by atoms with Crippen molar-refractivity contribution >= 4 is 22.9 Å². The lowest BCUT2D eigenvalue weighted by molar-refractivity contribution is 0.0381. The molecule has 0 aromatic carbocycles. The number of hydrogen-bond acceptors (Lipinski definition) is 3. The molecule has 2 rings (SSSR count). The number of halogens is 1. The summed E-state index contributed by atoms with van der Waals surface area (Å²) in [5, 5.41) is 3.75. The van der Waals surface area contributed by atoms with Crippen molar-refractivity contribution in [2.45, 2.75) is 58.7 Å². The summed E-state index contributed by atoms with van der Waals surface area (Å²) in [7, 11) is 0. The molecule has 1 saturated heterocycles. The maximum absolute atomic E-state index is 6.07. The highest BCUT2D eigenvalue weighted by atomic mass is 35.5. The van der Waals surface area contributed by atoms with E-state index in [0.29, 0.717) is 6.04 Å². The SMILES string of the molecule is CCC1(C)CNC(CC(C)C)CN1Cc1ccc(Cl)s1. The Morgan fingerprint density at radius 1 is 1.50 bits per heavy atom. The molecule has 20 heavy (non-hydrogen) atoms. The fourth-order valence-corrected chi connectivity index (χ4v) is 4.09. The predicted octanol–water partition coefficient (Wildman–Crippen LogP) is 4.39. The second kappa shape index (κ2) is 6.78. The van der Waals surface area contributed by atoms with E-state index in [-0.39, 0.29) is 5.54 Å². The first-order valence-electron chi connectivity index (χ1n) is 7.65. The quantitative estimate of drug-likeness (QED) is 0.867. The lowest BCUT2D eigenvalue weighted by Gasteiger charge is -2.48. The van der Waals surface area contributed by atoms with Crippen LogP contribution in [0.3, 0.4) is 0 Å². The second-order valence-corrected chi connectivity index (χ2v) is 8.44. The summed E-state index contributed by atoms with van der Waals surface area (Å²) in [5.74, 6) is 0.747. The number of rotatable bonds is 5. The van der Waals surface area contributed by atoms with Gasteiger partial charge in [-0.05, 0) is 37.8 Å². The molecule has 2 heterocycles. The summed E-state index contributed by atoms with van der Waals surface area (Å²) < 4.78 is 0.895. The Hall–Kier alpha value is -0.0900. The van der Waals surface area contributed by atoms with E-state index in [0.717, 1.165) is 29.9 Å². The summed E-state index contributed by atoms with van der Waals surface area (Å²) in [5.41, 5.74) is 0.254. The molecule has 1 fully saturated rings. The number of piperazine rings is 1. The van der Waals surface area contributed by atoms with Crippen LogP contribution in [0.1, 0.15) is 45.4 Å². The van der Waals surface area contributed by atoms with E-state index in [1.54, 1.807) is 11.3 Å². The molecule has 2 atom stereocenters. The molecule has 1 aliphatic heterocycles. The Morgan fingerprint density at radius 3 is 2.80 bits per heavy atom. The van der Waals surface area contributed by atoms with E-state index >= 15 is 0 Å². The van der Waals surface area contributed by atoms with Crippen LogP contribution in [0.15, 0.2) is 12.1 Å². The van der Waals surface area contributed by atoms with Crippen molar-refractivity contribution in [3.8, 4) is 0 Å². The van der Waals surface area contributed by atoms with E-state index in [9.17, 15) is 0 Å². The van der Waals surface area contributed by atoms with Crippen molar-refractivity contribution in [1.29, 1.82) is 0 Å². The van der Waals surface area contributed by atoms with E-state index in [1.165, 1.54) is 17.7 Å². The molecule has 4 heteroatoms. The third-order valence-corrected chi connectivity index (χ3v) is 5.68. The van der Waals surface area contributed by atoms with Gasteiger partial charge in [0.05, 0.1) is 4.34 Å². The summed E-state index contributed by atoms with van der Waals surface area (Å²) >= 11 is 7.78. The van der Waals surface area contributed by atoms with Gasteiger partial charge in [-0.1, -0.05) is 32.4 Å². The molecule has 1 aromatic heterocycles. The van der Waals surface area contributed by atoms with Gasteiger partial charge in [0.1, 0.15) is 0 Å².